The van der Waals surface area contributed by atoms with Gasteiger partial charge in [0.25, 0.3) is 0 Å². The van der Waals surface area contributed by atoms with Gasteiger partial charge in [0.15, 0.2) is 0 Å². The fraction of sp³-hybridized carbons (Fsp3) is 0.429. The molecule has 1 aromatic rings. The van der Waals surface area contributed by atoms with Crippen LogP contribution in [-0.4, -0.2) is 16.7 Å². The maximum Gasteiger partial charge on any atom is 0.324 e. The van der Waals surface area contributed by atoms with Crippen molar-refractivity contribution in [1.82, 2.24) is 0 Å². The first-order chi connectivity index (χ1) is 9.53. The number of para-hydroxylation sites is 1. The van der Waals surface area contributed by atoms with E-state index in [2.05, 4.69) is 10.2 Å². The Bertz CT molecular complexity index is 491. The van der Waals surface area contributed by atoms with Gasteiger partial charge in [0.05, 0.1) is 5.54 Å². The second kappa shape index (κ2) is 7.48. The van der Waals surface area contributed by atoms with E-state index < -0.39 is 5.54 Å². The van der Waals surface area contributed by atoms with Gasteiger partial charge in [-0.1, -0.05) is 31.0 Å². The molecule has 4 N–H and O–H groups in total. The highest BCUT2D eigenvalue weighted by atomic mass is 17.1. The first kappa shape index (κ1) is 16.0. The van der Waals surface area contributed by atoms with Gasteiger partial charge < -0.3 is 11.1 Å². The summed E-state index contributed by atoms with van der Waals surface area (Å²) in [6.07, 6.45) is 4.69. The van der Waals surface area contributed by atoms with E-state index in [4.69, 9.17) is 16.3 Å². The average molecular weight is 277 g/mol. The first-order valence-electron chi connectivity index (χ1n) is 6.39. The Morgan fingerprint density at radius 1 is 1.45 bits per heavy atom. The summed E-state index contributed by atoms with van der Waals surface area (Å²) in [5, 5.41) is 17.1. The molecule has 0 unspecified atom stereocenters. The first-order valence-corrected chi connectivity index (χ1v) is 6.39. The molecule has 2 rings (SSSR count). The second-order valence-corrected chi connectivity index (χ2v) is 4.81. The lowest BCUT2D eigenvalue weighted by molar-refractivity contribution is -0.174. The predicted molar refractivity (Wildman–Crippen MR) is 74.5 cm³/mol. The number of anilines is 1. The van der Waals surface area contributed by atoms with E-state index in [1.54, 1.807) is 0 Å². The molecule has 0 aromatic heterocycles. The summed E-state index contributed by atoms with van der Waals surface area (Å²) in [4.78, 5) is 14.9. The molecule has 0 radical (unpaired) electrons. The van der Waals surface area contributed by atoms with Crippen LogP contribution in [0.15, 0.2) is 24.3 Å². The van der Waals surface area contributed by atoms with E-state index >= 15 is 0 Å². The van der Waals surface area contributed by atoms with Gasteiger partial charge in [0, 0.05) is 5.69 Å². The SMILES string of the molecule is Cc1ccccc1NC(=O)C1(N)CCCC1.N#COO. The maximum atomic E-state index is 12.1. The topological polar surface area (TPSA) is 108 Å². The molecular weight excluding hydrogens is 258 g/mol. The van der Waals surface area contributed by atoms with Crippen LogP contribution in [0.3, 0.4) is 0 Å². The highest BCUT2D eigenvalue weighted by molar-refractivity contribution is 5.98. The molecule has 0 bridgehead atoms. The number of nitrogens with zero attached hydrogens (tertiary/aromatic N) is 1. The van der Waals surface area contributed by atoms with Crippen LogP contribution in [0.25, 0.3) is 0 Å². The summed E-state index contributed by atoms with van der Waals surface area (Å²) in [7, 11) is 0. The third-order valence-electron chi connectivity index (χ3n) is 3.38. The van der Waals surface area contributed by atoms with Gasteiger partial charge in [-0.2, -0.15) is 5.26 Å². The van der Waals surface area contributed by atoms with Crippen LogP contribution in [-0.2, 0) is 9.68 Å². The van der Waals surface area contributed by atoms with Crippen LogP contribution in [0.2, 0.25) is 0 Å². The van der Waals surface area contributed by atoms with Crippen LogP contribution >= 0.6 is 0 Å². The predicted octanol–water partition coefficient (Wildman–Crippen LogP) is 2.16. The highest BCUT2D eigenvalue weighted by Gasteiger charge is 2.36. The molecule has 108 valence electrons. The zero-order valence-corrected chi connectivity index (χ0v) is 11.4. The van der Waals surface area contributed by atoms with Crippen molar-refractivity contribution in [3.63, 3.8) is 0 Å². The molecule has 0 saturated heterocycles. The average Bonchev–Trinajstić information content (AvgIpc) is 2.90. The van der Waals surface area contributed by atoms with Crippen LogP contribution in [0.1, 0.15) is 31.2 Å². The number of carbonyl (C=O) groups is 1. The summed E-state index contributed by atoms with van der Waals surface area (Å²) in [5.74, 6) is -0.0423. The van der Waals surface area contributed by atoms with Gasteiger partial charge in [-0.3, -0.25) is 9.68 Å². The number of aryl methyl sites for hydroxylation is 1. The fourth-order valence-corrected chi connectivity index (χ4v) is 2.19. The molecule has 20 heavy (non-hydrogen) atoms. The van der Waals surface area contributed by atoms with Gasteiger partial charge >= 0.3 is 6.26 Å². The lowest BCUT2D eigenvalue weighted by atomic mass is 9.98. The molecule has 6 heteroatoms. The molecule has 0 spiro atoms. The molecule has 1 saturated carbocycles. The van der Waals surface area contributed by atoms with E-state index in [9.17, 15) is 4.79 Å². The number of rotatable bonds is 2. The number of hydrogen-bond acceptors (Lipinski definition) is 5. The highest BCUT2D eigenvalue weighted by Crippen LogP contribution is 2.28. The molecule has 0 aliphatic heterocycles. The van der Waals surface area contributed by atoms with Crippen molar-refractivity contribution in [3.8, 4) is 6.26 Å². The Hall–Kier alpha value is -2.10. The number of carbonyl (C=O) groups excluding carboxylic acids is 1. The third kappa shape index (κ3) is 4.23. The van der Waals surface area contributed by atoms with Crippen molar-refractivity contribution in [2.45, 2.75) is 38.1 Å². The molecule has 1 aliphatic carbocycles. The van der Waals surface area contributed by atoms with Crippen LogP contribution in [0.5, 0.6) is 0 Å². The van der Waals surface area contributed by atoms with E-state index in [1.807, 2.05) is 31.2 Å². The van der Waals surface area contributed by atoms with Crippen LogP contribution < -0.4 is 11.1 Å². The Labute approximate surface area is 118 Å². The van der Waals surface area contributed by atoms with Crippen LogP contribution in [0, 0.1) is 18.4 Å². The van der Waals surface area contributed by atoms with Crippen molar-refractivity contribution < 1.29 is 14.9 Å². The summed E-state index contributed by atoms with van der Waals surface area (Å²) in [5.41, 5.74) is 7.37. The minimum atomic E-state index is -0.651. The number of nitrogens with two attached hydrogens (primary N) is 1. The standard InChI is InChI=1S/C13H18N2O.CHNO2/c1-10-6-2-3-7-11(10)15-12(16)13(14)8-4-5-9-13;2-1-4-3/h2-3,6-7H,4-5,8-9,14H2,1H3,(H,15,16);3H. The molecule has 1 fully saturated rings. The molecule has 0 atom stereocenters. The van der Waals surface area contributed by atoms with Crippen molar-refractivity contribution in [1.29, 1.82) is 5.26 Å². The lowest BCUT2D eigenvalue weighted by Gasteiger charge is -2.22. The zero-order valence-electron chi connectivity index (χ0n) is 11.4. The number of nitrogens with one attached hydrogen (secondary N) is 1. The Morgan fingerprint density at radius 3 is 2.50 bits per heavy atom. The summed E-state index contributed by atoms with van der Waals surface area (Å²) in [6.45, 7) is 1.98. The van der Waals surface area contributed by atoms with Gasteiger partial charge in [-0.05, 0) is 31.4 Å². The van der Waals surface area contributed by atoms with E-state index in [1.165, 1.54) is 0 Å². The van der Waals surface area contributed by atoms with Crippen molar-refractivity contribution in [2.24, 2.45) is 5.73 Å². The number of hydrogen-bond donors (Lipinski definition) is 3. The number of amides is 1. The lowest BCUT2D eigenvalue weighted by Crippen LogP contribution is -2.48. The molecular formula is C14H19N3O3. The zero-order chi connectivity index (χ0) is 15.0. The van der Waals surface area contributed by atoms with Gasteiger partial charge in [-0.15, -0.1) is 5.26 Å². The summed E-state index contributed by atoms with van der Waals surface area (Å²) < 4.78 is 0. The van der Waals surface area contributed by atoms with Crippen molar-refractivity contribution in [3.05, 3.63) is 29.8 Å². The smallest absolute Gasteiger partial charge is 0.324 e. The van der Waals surface area contributed by atoms with Gasteiger partial charge in [0.1, 0.15) is 0 Å². The summed E-state index contributed by atoms with van der Waals surface area (Å²) >= 11 is 0. The second-order valence-electron chi connectivity index (χ2n) is 4.81. The third-order valence-corrected chi connectivity index (χ3v) is 3.38. The van der Waals surface area contributed by atoms with E-state index in [0.29, 0.717) is 0 Å². The van der Waals surface area contributed by atoms with E-state index in [0.717, 1.165) is 43.2 Å². The largest absolute Gasteiger partial charge is 0.324 e. The monoisotopic (exact) mass is 277 g/mol. The molecule has 0 heterocycles. The molecule has 1 aromatic carbocycles. The Balaban J connectivity index is 0.000000444. The van der Waals surface area contributed by atoms with Gasteiger partial charge in [0.2, 0.25) is 5.91 Å². The van der Waals surface area contributed by atoms with Crippen molar-refractivity contribution in [2.75, 3.05) is 5.32 Å². The maximum absolute atomic E-state index is 12.1. The molecule has 1 amide bonds. The number of benzene rings is 1. The van der Waals surface area contributed by atoms with Crippen molar-refractivity contribution >= 4 is 11.6 Å². The van der Waals surface area contributed by atoms with Crippen LogP contribution in [0.4, 0.5) is 5.69 Å². The number of nitriles is 1. The minimum Gasteiger partial charge on any atom is -0.324 e. The molecule has 6 nitrogen and oxygen atoms in total. The molecule has 1 aliphatic rings. The summed E-state index contributed by atoms with van der Waals surface area (Å²) in [6, 6.07) is 7.76. The van der Waals surface area contributed by atoms with Gasteiger partial charge in [-0.25, -0.2) is 0 Å². The quantitative estimate of drug-likeness (QED) is 0.436. The Kier molecular flexibility index (Phi) is 5.97. The van der Waals surface area contributed by atoms with E-state index in [-0.39, 0.29) is 5.91 Å². The normalized spacial score (nSPS) is 15.5. The minimum absolute atomic E-state index is 0.0423. The Morgan fingerprint density at radius 2 is 2.00 bits per heavy atom. The fourth-order valence-electron chi connectivity index (χ4n) is 2.19.